The van der Waals surface area contributed by atoms with Crippen molar-refractivity contribution in [2.75, 3.05) is 18.5 Å². The van der Waals surface area contributed by atoms with Gasteiger partial charge in [0.05, 0.1) is 24.9 Å². The SMILES string of the molecule is CCC(CO)(CO)Nc1nc(Cl)ncc1F. The zero-order chi connectivity index (χ0) is 12.2. The molecule has 5 nitrogen and oxygen atoms in total. The van der Waals surface area contributed by atoms with Gasteiger partial charge in [-0.1, -0.05) is 6.92 Å². The van der Waals surface area contributed by atoms with E-state index in [1.165, 1.54) is 0 Å². The lowest BCUT2D eigenvalue weighted by Crippen LogP contribution is -2.45. The van der Waals surface area contributed by atoms with E-state index in [1.54, 1.807) is 6.92 Å². The Bertz CT molecular complexity index is 352. The predicted molar refractivity (Wildman–Crippen MR) is 57.8 cm³/mol. The molecule has 0 saturated carbocycles. The molecule has 0 amide bonds. The van der Waals surface area contributed by atoms with E-state index >= 15 is 0 Å². The maximum absolute atomic E-state index is 13.3. The summed E-state index contributed by atoms with van der Waals surface area (Å²) < 4.78 is 13.3. The van der Waals surface area contributed by atoms with Gasteiger partial charge in [0.1, 0.15) is 0 Å². The van der Waals surface area contributed by atoms with Crippen LogP contribution in [0.5, 0.6) is 0 Å². The van der Waals surface area contributed by atoms with E-state index in [4.69, 9.17) is 11.6 Å². The van der Waals surface area contributed by atoms with Crippen LogP contribution in [-0.4, -0.2) is 38.9 Å². The average molecular weight is 250 g/mol. The van der Waals surface area contributed by atoms with E-state index in [2.05, 4.69) is 15.3 Å². The van der Waals surface area contributed by atoms with Gasteiger partial charge in [-0.15, -0.1) is 0 Å². The van der Waals surface area contributed by atoms with Crippen molar-refractivity contribution in [2.45, 2.75) is 18.9 Å². The van der Waals surface area contributed by atoms with Crippen molar-refractivity contribution in [2.24, 2.45) is 0 Å². The molecule has 0 unspecified atom stereocenters. The van der Waals surface area contributed by atoms with Gasteiger partial charge in [-0.3, -0.25) is 0 Å². The predicted octanol–water partition coefficient (Wildman–Crippen LogP) is 0.814. The van der Waals surface area contributed by atoms with Crippen molar-refractivity contribution in [3.63, 3.8) is 0 Å². The standard InChI is InChI=1S/C9H13ClFN3O2/c1-2-9(4-15,5-16)14-7-6(11)3-12-8(10)13-7/h3,15-16H,2,4-5H2,1H3,(H,12,13,14). The quantitative estimate of drug-likeness (QED) is 0.674. The topological polar surface area (TPSA) is 78.3 Å². The normalized spacial score (nSPS) is 11.6. The number of hydrogen-bond donors (Lipinski definition) is 3. The lowest BCUT2D eigenvalue weighted by molar-refractivity contribution is 0.132. The van der Waals surface area contributed by atoms with E-state index in [9.17, 15) is 14.6 Å². The van der Waals surface area contributed by atoms with E-state index in [0.29, 0.717) is 6.42 Å². The second kappa shape index (κ2) is 5.38. The summed E-state index contributed by atoms with van der Waals surface area (Å²) in [5, 5.41) is 20.9. The zero-order valence-electron chi connectivity index (χ0n) is 8.74. The molecule has 16 heavy (non-hydrogen) atoms. The molecular formula is C9H13ClFN3O2. The molecule has 0 spiro atoms. The Morgan fingerprint density at radius 2 is 2.12 bits per heavy atom. The monoisotopic (exact) mass is 249 g/mol. The van der Waals surface area contributed by atoms with Crippen LogP contribution in [0.2, 0.25) is 5.28 Å². The molecule has 0 bridgehead atoms. The number of halogens is 2. The van der Waals surface area contributed by atoms with Gasteiger partial charge in [0.2, 0.25) is 5.28 Å². The van der Waals surface area contributed by atoms with Crippen LogP contribution >= 0.6 is 11.6 Å². The molecule has 0 aliphatic rings. The highest BCUT2D eigenvalue weighted by Gasteiger charge is 2.28. The van der Waals surface area contributed by atoms with Crippen LogP contribution in [0.3, 0.4) is 0 Å². The molecule has 0 aliphatic carbocycles. The Hall–Kier alpha value is -0.980. The van der Waals surface area contributed by atoms with Crippen LogP contribution in [0.15, 0.2) is 6.20 Å². The number of aliphatic hydroxyl groups excluding tert-OH is 2. The van der Waals surface area contributed by atoms with Crippen LogP contribution in [0.25, 0.3) is 0 Å². The Kier molecular flexibility index (Phi) is 4.40. The van der Waals surface area contributed by atoms with Gasteiger partial charge < -0.3 is 15.5 Å². The minimum absolute atomic E-state index is 0.107. The summed E-state index contributed by atoms with van der Waals surface area (Å²) in [5.41, 5.74) is -1.02. The molecule has 0 radical (unpaired) electrons. The number of rotatable bonds is 5. The second-order valence-corrected chi connectivity index (χ2v) is 3.75. The highest BCUT2D eigenvalue weighted by molar-refractivity contribution is 6.28. The molecule has 90 valence electrons. The lowest BCUT2D eigenvalue weighted by Gasteiger charge is -2.30. The third-order valence-corrected chi connectivity index (χ3v) is 2.56. The van der Waals surface area contributed by atoms with Gasteiger partial charge >= 0.3 is 0 Å². The van der Waals surface area contributed by atoms with Crippen molar-refractivity contribution < 1.29 is 14.6 Å². The Morgan fingerprint density at radius 1 is 1.50 bits per heavy atom. The number of nitrogens with one attached hydrogen (secondary N) is 1. The van der Waals surface area contributed by atoms with Crippen LogP contribution in [0, 0.1) is 5.82 Å². The fourth-order valence-corrected chi connectivity index (χ4v) is 1.26. The molecule has 1 rings (SSSR count). The van der Waals surface area contributed by atoms with E-state index in [0.717, 1.165) is 6.20 Å². The van der Waals surface area contributed by atoms with Crippen molar-refractivity contribution >= 4 is 17.4 Å². The van der Waals surface area contributed by atoms with E-state index < -0.39 is 11.4 Å². The van der Waals surface area contributed by atoms with Crippen LogP contribution in [0.1, 0.15) is 13.3 Å². The fraction of sp³-hybridized carbons (Fsp3) is 0.556. The molecule has 0 fully saturated rings. The Balaban J connectivity index is 2.97. The maximum atomic E-state index is 13.3. The summed E-state index contributed by atoms with van der Waals surface area (Å²) in [6, 6.07) is 0. The first-order valence-electron chi connectivity index (χ1n) is 4.75. The second-order valence-electron chi connectivity index (χ2n) is 3.41. The van der Waals surface area contributed by atoms with Crippen LogP contribution in [0.4, 0.5) is 10.2 Å². The molecule has 0 aromatic carbocycles. The lowest BCUT2D eigenvalue weighted by atomic mass is 9.98. The van der Waals surface area contributed by atoms with Gasteiger partial charge in [0, 0.05) is 0 Å². The van der Waals surface area contributed by atoms with Gasteiger partial charge in [-0.25, -0.2) is 9.37 Å². The largest absolute Gasteiger partial charge is 0.394 e. The minimum atomic E-state index is -1.02. The first-order chi connectivity index (χ1) is 7.56. The Labute approximate surface area is 97.3 Å². The summed E-state index contributed by atoms with van der Waals surface area (Å²) in [6.07, 6.45) is 1.33. The summed E-state index contributed by atoms with van der Waals surface area (Å²) in [5.74, 6) is -0.825. The summed E-state index contributed by atoms with van der Waals surface area (Å²) >= 11 is 5.52. The number of aromatic nitrogens is 2. The molecule has 3 N–H and O–H groups in total. The third kappa shape index (κ3) is 2.78. The number of aliphatic hydroxyl groups is 2. The molecule has 0 saturated heterocycles. The average Bonchev–Trinajstić information content (AvgIpc) is 2.31. The molecule has 1 aromatic heterocycles. The zero-order valence-corrected chi connectivity index (χ0v) is 9.50. The van der Waals surface area contributed by atoms with Crippen LogP contribution < -0.4 is 5.32 Å². The first kappa shape index (κ1) is 13.1. The van der Waals surface area contributed by atoms with Gasteiger partial charge in [-0.05, 0) is 18.0 Å². The minimum Gasteiger partial charge on any atom is -0.394 e. The van der Waals surface area contributed by atoms with Crippen molar-refractivity contribution in [3.05, 3.63) is 17.3 Å². The summed E-state index contributed by atoms with van der Waals surface area (Å²) in [6.45, 7) is 1.06. The number of hydrogen-bond acceptors (Lipinski definition) is 5. The molecular weight excluding hydrogens is 237 g/mol. The first-order valence-corrected chi connectivity index (χ1v) is 5.12. The van der Waals surface area contributed by atoms with E-state index in [1.807, 2.05) is 0 Å². The van der Waals surface area contributed by atoms with Gasteiger partial charge in [-0.2, -0.15) is 4.98 Å². The summed E-state index contributed by atoms with van der Waals surface area (Å²) in [7, 11) is 0. The van der Waals surface area contributed by atoms with E-state index in [-0.39, 0.29) is 24.3 Å². The third-order valence-electron chi connectivity index (χ3n) is 2.38. The molecule has 1 heterocycles. The van der Waals surface area contributed by atoms with Crippen molar-refractivity contribution in [1.29, 1.82) is 0 Å². The molecule has 1 aromatic rings. The maximum Gasteiger partial charge on any atom is 0.224 e. The molecule has 0 atom stereocenters. The smallest absolute Gasteiger partial charge is 0.224 e. The van der Waals surface area contributed by atoms with Crippen molar-refractivity contribution in [1.82, 2.24) is 9.97 Å². The Morgan fingerprint density at radius 3 is 2.62 bits per heavy atom. The van der Waals surface area contributed by atoms with Gasteiger partial charge in [0.15, 0.2) is 11.6 Å². The summed E-state index contributed by atoms with van der Waals surface area (Å²) in [4.78, 5) is 7.11. The number of anilines is 1. The van der Waals surface area contributed by atoms with Crippen molar-refractivity contribution in [3.8, 4) is 0 Å². The fourth-order valence-electron chi connectivity index (χ4n) is 1.13. The molecule has 7 heteroatoms. The number of nitrogens with zero attached hydrogens (tertiary/aromatic N) is 2. The highest BCUT2D eigenvalue weighted by Crippen LogP contribution is 2.19. The van der Waals surface area contributed by atoms with Crippen LogP contribution in [-0.2, 0) is 0 Å². The molecule has 0 aliphatic heterocycles. The van der Waals surface area contributed by atoms with Gasteiger partial charge in [0.25, 0.3) is 0 Å². The highest BCUT2D eigenvalue weighted by atomic mass is 35.5.